The molecule has 0 saturated carbocycles. The van der Waals surface area contributed by atoms with E-state index >= 15 is 0 Å². The molecule has 0 unspecified atom stereocenters. The highest BCUT2D eigenvalue weighted by Gasteiger charge is 2.38. The number of benzene rings is 2. The number of fused-ring (bicyclic) bond motifs is 2. The minimum absolute atomic E-state index is 0.103. The zero-order valence-electron chi connectivity index (χ0n) is 18.5. The first-order valence-corrected chi connectivity index (χ1v) is 10.9. The van der Waals surface area contributed by atoms with Crippen molar-refractivity contribution in [1.29, 1.82) is 0 Å². The fourth-order valence-corrected chi connectivity index (χ4v) is 4.67. The molecule has 0 saturated heterocycles. The van der Waals surface area contributed by atoms with Crippen LogP contribution in [0.15, 0.2) is 77.6 Å². The largest absolute Gasteiger partial charge is 0.347 e. The van der Waals surface area contributed by atoms with Crippen molar-refractivity contribution >= 4 is 34.1 Å². The maximum Gasteiger partial charge on any atom is 0.264 e. The molecule has 33 heavy (non-hydrogen) atoms. The van der Waals surface area contributed by atoms with Crippen LogP contribution in [0, 0.1) is 0 Å². The van der Waals surface area contributed by atoms with Gasteiger partial charge in [0.05, 0.1) is 18.4 Å². The second-order valence-corrected chi connectivity index (χ2v) is 9.08. The highest BCUT2D eigenvalue weighted by atomic mass is 35.5. The van der Waals surface area contributed by atoms with Crippen molar-refractivity contribution in [2.24, 2.45) is 0 Å². The topological polar surface area (TPSA) is 73.0 Å². The quantitative estimate of drug-likeness (QED) is 0.429. The maximum atomic E-state index is 13.0. The van der Waals surface area contributed by atoms with E-state index in [1.165, 1.54) is 22.7 Å². The van der Waals surface area contributed by atoms with Crippen molar-refractivity contribution in [2.45, 2.75) is 25.8 Å². The minimum atomic E-state index is -0.317. The predicted molar refractivity (Wildman–Crippen MR) is 129 cm³/mol. The minimum Gasteiger partial charge on any atom is -0.347 e. The molecule has 0 bridgehead atoms. The van der Waals surface area contributed by atoms with Gasteiger partial charge in [0.2, 0.25) is 0 Å². The van der Waals surface area contributed by atoms with Crippen molar-refractivity contribution in [3.05, 3.63) is 93.8 Å². The standard InChI is InChI=1S/C25H22ClN5O2/c1-25(2)20-9-4-5-10-21(20)29(3)22(25)12-18(32)14-30-15-27-23-19(24(30)33)13-28-31(23)17-8-6-7-16(26)11-17/h4-13,15H,14H2,1-3H3/b22-12-. The average Bonchev–Trinajstić information content (AvgIpc) is 3.30. The molecule has 0 spiro atoms. The number of allylic oxidation sites excluding steroid dienone is 2. The second kappa shape index (κ2) is 7.71. The Balaban J connectivity index is 1.46. The Hall–Kier alpha value is -3.71. The molecular formula is C25H22ClN5O2. The summed E-state index contributed by atoms with van der Waals surface area (Å²) >= 11 is 6.08. The van der Waals surface area contributed by atoms with Gasteiger partial charge in [-0.3, -0.25) is 14.2 Å². The van der Waals surface area contributed by atoms with Crippen molar-refractivity contribution in [3.8, 4) is 5.69 Å². The van der Waals surface area contributed by atoms with E-state index in [-0.39, 0.29) is 23.3 Å². The van der Waals surface area contributed by atoms with Crippen LogP contribution in [0.4, 0.5) is 5.69 Å². The first-order valence-electron chi connectivity index (χ1n) is 10.5. The van der Waals surface area contributed by atoms with Crippen LogP contribution in [0.1, 0.15) is 19.4 Å². The molecular weight excluding hydrogens is 438 g/mol. The number of anilines is 1. The van der Waals surface area contributed by atoms with E-state index in [9.17, 15) is 9.59 Å². The van der Waals surface area contributed by atoms with Crippen LogP contribution in [-0.4, -0.2) is 32.2 Å². The molecule has 0 N–H and O–H groups in total. The zero-order chi connectivity index (χ0) is 23.3. The van der Waals surface area contributed by atoms with Crippen LogP contribution < -0.4 is 10.5 Å². The molecule has 5 rings (SSSR count). The lowest BCUT2D eigenvalue weighted by atomic mass is 9.83. The molecule has 166 valence electrons. The monoisotopic (exact) mass is 459 g/mol. The molecule has 1 aliphatic rings. The highest BCUT2D eigenvalue weighted by Crippen LogP contribution is 2.46. The first kappa shape index (κ1) is 21.2. The van der Waals surface area contributed by atoms with E-state index in [1.54, 1.807) is 29.0 Å². The van der Waals surface area contributed by atoms with E-state index < -0.39 is 0 Å². The van der Waals surface area contributed by atoms with Gasteiger partial charge >= 0.3 is 0 Å². The lowest BCUT2D eigenvalue weighted by Crippen LogP contribution is -2.27. The van der Waals surface area contributed by atoms with Gasteiger partial charge in [-0.2, -0.15) is 5.10 Å². The van der Waals surface area contributed by atoms with Crippen LogP contribution in [0.2, 0.25) is 5.02 Å². The van der Waals surface area contributed by atoms with Gasteiger partial charge in [0.15, 0.2) is 11.4 Å². The third-order valence-corrected chi connectivity index (χ3v) is 6.41. The summed E-state index contributed by atoms with van der Waals surface area (Å²) in [5, 5.41) is 5.20. The molecule has 0 fully saturated rings. The van der Waals surface area contributed by atoms with Gasteiger partial charge in [0.1, 0.15) is 11.7 Å². The van der Waals surface area contributed by atoms with Gasteiger partial charge in [-0.1, -0.05) is 49.7 Å². The predicted octanol–water partition coefficient (Wildman–Crippen LogP) is 4.12. The number of rotatable bonds is 4. The number of para-hydroxylation sites is 1. The molecule has 3 heterocycles. The summed E-state index contributed by atoms with van der Waals surface area (Å²) in [4.78, 5) is 32.5. The van der Waals surface area contributed by atoms with Gasteiger partial charge in [-0.05, 0) is 29.8 Å². The van der Waals surface area contributed by atoms with Crippen molar-refractivity contribution in [1.82, 2.24) is 19.3 Å². The molecule has 8 heteroatoms. The lowest BCUT2D eigenvalue weighted by Gasteiger charge is -2.24. The number of aromatic nitrogens is 4. The van der Waals surface area contributed by atoms with Crippen LogP contribution in [-0.2, 0) is 16.8 Å². The summed E-state index contributed by atoms with van der Waals surface area (Å²) < 4.78 is 2.88. The lowest BCUT2D eigenvalue weighted by molar-refractivity contribution is -0.115. The SMILES string of the molecule is CN1/C(=C\C(=O)Cn2cnc3c(cnn3-c3cccc(Cl)c3)c2=O)C(C)(C)c2ccccc21. The third kappa shape index (κ3) is 3.45. The fraction of sp³-hybridized carbons (Fsp3) is 0.200. The zero-order valence-corrected chi connectivity index (χ0v) is 19.2. The van der Waals surface area contributed by atoms with Crippen LogP contribution in [0.25, 0.3) is 16.7 Å². The van der Waals surface area contributed by atoms with Crippen molar-refractivity contribution < 1.29 is 4.79 Å². The van der Waals surface area contributed by atoms with E-state index in [4.69, 9.17) is 11.6 Å². The number of hydrogen-bond donors (Lipinski definition) is 0. The summed E-state index contributed by atoms with van der Waals surface area (Å²) in [7, 11) is 1.96. The highest BCUT2D eigenvalue weighted by molar-refractivity contribution is 6.30. The van der Waals surface area contributed by atoms with Gasteiger partial charge in [-0.25, -0.2) is 9.67 Å². The van der Waals surface area contributed by atoms with E-state index in [0.29, 0.717) is 21.7 Å². The Labute approximate surface area is 195 Å². The Kier molecular flexibility index (Phi) is 4.94. The van der Waals surface area contributed by atoms with E-state index in [0.717, 1.165) is 11.4 Å². The first-order chi connectivity index (χ1) is 15.8. The second-order valence-electron chi connectivity index (χ2n) is 8.65. The van der Waals surface area contributed by atoms with Gasteiger partial charge < -0.3 is 4.90 Å². The van der Waals surface area contributed by atoms with Gasteiger partial charge in [-0.15, -0.1) is 0 Å². The molecule has 0 amide bonds. The summed E-state index contributed by atoms with van der Waals surface area (Å²) in [6.07, 6.45) is 4.49. The summed E-state index contributed by atoms with van der Waals surface area (Å²) in [5.41, 5.74) is 3.62. The maximum absolute atomic E-state index is 13.0. The summed E-state index contributed by atoms with van der Waals surface area (Å²) in [6, 6.07) is 15.3. The summed E-state index contributed by atoms with van der Waals surface area (Å²) in [6.45, 7) is 4.09. The van der Waals surface area contributed by atoms with Crippen molar-refractivity contribution in [2.75, 3.05) is 11.9 Å². The van der Waals surface area contributed by atoms with E-state index in [1.807, 2.05) is 36.2 Å². The van der Waals surface area contributed by atoms with Crippen LogP contribution >= 0.6 is 11.6 Å². The van der Waals surface area contributed by atoms with Crippen LogP contribution in [0.5, 0.6) is 0 Å². The van der Waals surface area contributed by atoms with E-state index in [2.05, 4.69) is 30.0 Å². The number of halogens is 1. The normalized spacial score (nSPS) is 15.9. The molecule has 0 radical (unpaired) electrons. The smallest absolute Gasteiger partial charge is 0.264 e. The number of ketones is 1. The molecule has 1 aliphatic heterocycles. The number of likely N-dealkylation sites (N-methyl/N-ethyl adjacent to an activating group) is 1. The molecule has 0 atom stereocenters. The van der Waals surface area contributed by atoms with Crippen molar-refractivity contribution in [3.63, 3.8) is 0 Å². The number of carbonyl (C=O) groups is 1. The molecule has 0 aliphatic carbocycles. The molecule has 2 aromatic heterocycles. The number of hydrogen-bond acceptors (Lipinski definition) is 5. The van der Waals surface area contributed by atoms with Gasteiger partial charge in [0.25, 0.3) is 5.56 Å². The number of nitrogens with zero attached hydrogens (tertiary/aromatic N) is 5. The summed E-state index contributed by atoms with van der Waals surface area (Å²) in [5.74, 6) is -0.178. The Morgan fingerprint density at radius 3 is 2.70 bits per heavy atom. The average molecular weight is 460 g/mol. The molecule has 2 aromatic carbocycles. The Morgan fingerprint density at radius 2 is 1.94 bits per heavy atom. The fourth-order valence-electron chi connectivity index (χ4n) is 4.48. The van der Waals surface area contributed by atoms with Crippen LogP contribution in [0.3, 0.4) is 0 Å². The number of carbonyl (C=O) groups excluding carboxylic acids is 1. The molecule has 4 aromatic rings. The third-order valence-electron chi connectivity index (χ3n) is 6.17. The molecule has 7 nitrogen and oxygen atoms in total. The Morgan fingerprint density at radius 1 is 1.15 bits per heavy atom. The Bertz CT molecular complexity index is 1500. The van der Waals surface area contributed by atoms with Gasteiger partial charge in [0, 0.05) is 34.9 Å².